The van der Waals surface area contributed by atoms with E-state index in [1.54, 1.807) is 23.1 Å². The molecule has 0 saturated heterocycles. The minimum absolute atomic E-state index is 0.0160. The average molecular weight is 456 g/mol. The van der Waals surface area contributed by atoms with Gasteiger partial charge in [0.25, 0.3) is 5.56 Å². The SMILES string of the molecule is C[C@@H](c1ccccc1)n1c(SCc2csc(-c3ccccc3)n2)nc2ccccc2c1=O. The van der Waals surface area contributed by atoms with Gasteiger partial charge in [-0.3, -0.25) is 9.36 Å². The maximum atomic E-state index is 13.5. The molecule has 0 fully saturated rings. The van der Waals surface area contributed by atoms with Crippen molar-refractivity contribution in [1.82, 2.24) is 14.5 Å². The molecule has 0 unspecified atom stereocenters. The van der Waals surface area contributed by atoms with Crippen LogP contribution in [0.2, 0.25) is 0 Å². The zero-order valence-corrected chi connectivity index (χ0v) is 19.1. The molecule has 0 aliphatic heterocycles. The van der Waals surface area contributed by atoms with Crippen molar-refractivity contribution in [2.45, 2.75) is 23.9 Å². The van der Waals surface area contributed by atoms with Crippen molar-refractivity contribution in [3.05, 3.63) is 112 Å². The van der Waals surface area contributed by atoms with E-state index in [4.69, 9.17) is 9.97 Å². The summed E-state index contributed by atoms with van der Waals surface area (Å²) in [5, 5.41) is 4.43. The van der Waals surface area contributed by atoms with E-state index < -0.39 is 0 Å². The Morgan fingerprint density at radius 1 is 0.906 bits per heavy atom. The summed E-state index contributed by atoms with van der Waals surface area (Å²) in [4.78, 5) is 23.1. The highest BCUT2D eigenvalue weighted by Crippen LogP contribution is 2.29. The van der Waals surface area contributed by atoms with Crippen molar-refractivity contribution >= 4 is 34.0 Å². The van der Waals surface area contributed by atoms with Gasteiger partial charge in [0.2, 0.25) is 0 Å². The Kier molecular flexibility index (Phi) is 5.88. The summed E-state index contributed by atoms with van der Waals surface area (Å²) in [6, 6.07) is 27.7. The van der Waals surface area contributed by atoms with Gasteiger partial charge in [-0.15, -0.1) is 11.3 Å². The Bertz CT molecular complexity index is 1410. The number of benzene rings is 3. The van der Waals surface area contributed by atoms with Gasteiger partial charge in [0, 0.05) is 16.7 Å². The highest BCUT2D eigenvalue weighted by atomic mass is 32.2. The molecular weight excluding hydrogens is 434 g/mol. The van der Waals surface area contributed by atoms with Crippen LogP contribution in [0, 0.1) is 0 Å². The van der Waals surface area contributed by atoms with Gasteiger partial charge in [-0.05, 0) is 24.6 Å². The zero-order valence-electron chi connectivity index (χ0n) is 17.5. The highest BCUT2D eigenvalue weighted by molar-refractivity contribution is 7.98. The van der Waals surface area contributed by atoms with E-state index in [1.165, 1.54) is 0 Å². The second-order valence-electron chi connectivity index (χ2n) is 7.47. The maximum Gasteiger partial charge on any atom is 0.262 e. The van der Waals surface area contributed by atoms with Crippen LogP contribution >= 0.6 is 23.1 Å². The van der Waals surface area contributed by atoms with E-state index in [2.05, 4.69) is 17.5 Å². The predicted molar refractivity (Wildman–Crippen MR) is 133 cm³/mol. The Morgan fingerprint density at radius 2 is 1.59 bits per heavy atom. The second kappa shape index (κ2) is 9.10. The molecule has 2 heterocycles. The third-order valence-electron chi connectivity index (χ3n) is 5.37. The summed E-state index contributed by atoms with van der Waals surface area (Å²) in [6.07, 6.45) is 0. The Labute approximate surface area is 194 Å². The first-order valence-corrected chi connectivity index (χ1v) is 12.3. The van der Waals surface area contributed by atoms with Crippen molar-refractivity contribution in [1.29, 1.82) is 0 Å². The molecule has 32 heavy (non-hydrogen) atoms. The minimum atomic E-state index is -0.126. The lowest BCUT2D eigenvalue weighted by Gasteiger charge is -2.19. The molecule has 158 valence electrons. The van der Waals surface area contributed by atoms with Gasteiger partial charge in [0.1, 0.15) is 5.01 Å². The first-order chi connectivity index (χ1) is 15.7. The number of rotatable bonds is 6. The first kappa shape index (κ1) is 20.7. The van der Waals surface area contributed by atoms with Gasteiger partial charge in [-0.1, -0.05) is 84.6 Å². The molecule has 0 N–H and O–H groups in total. The predicted octanol–water partition coefficient (Wildman–Crippen LogP) is 6.42. The Hall–Kier alpha value is -3.22. The fourth-order valence-electron chi connectivity index (χ4n) is 3.67. The van der Waals surface area contributed by atoms with Crippen molar-refractivity contribution in [3.63, 3.8) is 0 Å². The second-order valence-corrected chi connectivity index (χ2v) is 9.27. The van der Waals surface area contributed by atoms with E-state index in [9.17, 15) is 4.79 Å². The van der Waals surface area contributed by atoms with E-state index >= 15 is 0 Å². The summed E-state index contributed by atoms with van der Waals surface area (Å²) in [6.45, 7) is 2.05. The van der Waals surface area contributed by atoms with Gasteiger partial charge in [0.15, 0.2) is 5.16 Å². The monoisotopic (exact) mass is 455 g/mol. The number of nitrogens with zero attached hydrogens (tertiary/aromatic N) is 3. The molecule has 0 aliphatic rings. The molecule has 0 saturated carbocycles. The van der Waals surface area contributed by atoms with Crippen LogP contribution < -0.4 is 5.56 Å². The average Bonchev–Trinajstić information content (AvgIpc) is 3.33. The minimum Gasteiger partial charge on any atom is -0.280 e. The summed E-state index contributed by atoms with van der Waals surface area (Å²) in [7, 11) is 0. The van der Waals surface area contributed by atoms with Crippen LogP contribution in [0.25, 0.3) is 21.5 Å². The topological polar surface area (TPSA) is 47.8 Å². The number of aromatic nitrogens is 3. The van der Waals surface area contributed by atoms with Crippen LogP contribution in [-0.4, -0.2) is 14.5 Å². The molecule has 3 aromatic carbocycles. The van der Waals surface area contributed by atoms with Crippen LogP contribution in [0.4, 0.5) is 0 Å². The van der Waals surface area contributed by atoms with Crippen molar-refractivity contribution < 1.29 is 0 Å². The maximum absolute atomic E-state index is 13.5. The normalized spacial score (nSPS) is 12.2. The molecule has 0 spiro atoms. The molecule has 1 atom stereocenters. The van der Waals surface area contributed by atoms with Crippen molar-refractivity contribution in [3.8, 4) is 10.6 Å². The van der Waals surface area contributed by atoms with E-state index in [-0.39, 0.29) is 11.6 Å². The molecule has 2 aromatic heterocycles. The largest absolute Gasteiger partial charge is 0.280 e. The van der Waals surface area contributed by atoms with Crippen LogP contribution in [0.3, 0.4) is 0 Å². The summed E-state index contributed by atoms with van der Waals surface area (Å²) in [5.74, 6) is 0.648. The van der Waals surface area contributed by atoms with Gasteiger partial charge >= 0.3 is 0 Å². The first-order valence-electron chi connectivity index (χ1n) is 10.4. The molecule has 6 heteroatoms. The molecule has 0 radical (unpaired) electrons. The number of hydrogen-bond donors (Lipinski definition) is 0. The lowest BCUT2D eigenvalue weighted by molar-refractivity contribution is 0.548. The van der Waals surface area contributed by atoms with Crippen LogP contribution in [0.1, 0.15) is 24.2 Å². The summed E-state index contributed by atoms with van der Waals surface area (Å²) in [5.41, 5.74) is 3.89. The number of thioether (sulfide) groups is 1. The molecule has 4 nitrogen and oxygen atoms in total. The van der Waals surface area contributed by atoms with Crippen LogP contribution in [0.5, 0.6) is 0 Å². The molecular formula is C26H21N3OS2. The van der Waals surface area contributed by atoms with Gasteiger partial charge in [-0.2, -0.15) is 0 Å². The Balaban J connectivity index is 1.50. The fraction of sp³-hybridized carbons (Fsp3) is 0.115. The molecule has 0 bridgehead atoms. The lowest BCUT2D eigenvalue weighted by Crippen LogP contribution is -2.27. The van der Waals surface area contributed by atoms with Crippen molar-refractivity contribution in [2.24, 2.45) is 0 Å². The van der Waals surface area contributed by atoms with Gasteiger partial charge in [0.05, 0.1) is 22.6 Å². The van der Waals surface area contributed by atoms with E-state index in [0.29, 0.717) is 16.3 Å². The smallest absolute Gasteiger partial charge is 0.262 e. The van der Waals surface area contributed by atoms with Crippen LogP contribution in [0.15, 0.2) is 100 Å². The van der Waals surface area contributed by atoms with Gasteiger partial charge in [-0.25, -0.2) is 9.97 Å². The number of para-hydroxylation sites is 1. The number of thiazole rings is 1. The third-order valence-corrected chi connectivity index (χ3v) is 7.29. The van der Waals surface area contributed by atoms with Gasteiger partial charge < -0.3 is 0 Å². The quantitative estimate of drug-likeness (QED) is 0.219. The standard InChI is InChI=1S/C26H21N3OS2/c1-18(19-10-4-2-5-11-19)29-25(30)22-14-8-9-15-23(22)28-26(29)32-17-21-16-31-24(27-21)20-12-6-3-7-13-20/h2-16,18H,17H2,1H3/t18-/m0/s1. The molecule has 0 amide bonds. The fourth-order valence-corrected chi connectivity index (χ4v) is 5.57. The van der Waals surface area contributed by atoms with Crippen molar-refractivity contribution in [2.75, 3.05) is 0 Å². The Morgan fingerprint density at radius 3 is 2.38 bits per heavy atom. The number of hydrogen-bond acceptors (Lipinski definition) is 5. The molecule has 5 aromatic rings. The zero-order chi connectivity index (χ0) is 21.9. The summed E-state index contributed by atoms with van der Waals surface area (Å²) >= 11 is 3.19. The highest BCUT2D eigenvalue weighted by Gasteiger charge is 2.18. The van der Waals surface area contributed by atoms with Crippen LogP contribution in [-0.2, 0) is 5.75 Å². The molecule has 0 aliphatic carbocycles. The van der Waals surface area contributed by atoms with E-state index in [0.717, 1.165) is 27.3 Å². The third kappa shape index (κ3) is 4.11. The number of fused-ring (bicyclic) bond motifs is 1. The van der Waals surface area contributed by atoms with E-state index in [1.807, 2.05) is 84.3 Å². The molecule has 5 rings (SSSR count). The summed E-state index contributed by atoms with van der Waals surface area (Å²) < 4.78 is 1.81. The lowest BCUT2D eigenvalue weighted by atomic mass is 10.1.